The predicted octanol–water partition coefficient (Wildman–Crippen LogP) is 5.77. The minimum atomic E-state index is -3.85. The van der Waals surface area contributed by atoms with E-state index in [0.717, 1.165) is 27.6 Å². The molecular formula is C31H37N3O3S. The average Bonchev–Trinajstić information content (AvgIpc) is 3.29. The van der Waals surface area contributed by atoms with Crippen LogP contribution in [0.5, 0.6) is 0 Å². The number of benzene rings is 3. The lowest BCUT2D eigenvalue weighted by atomic mass is 10.1. The highest BCUT2D eigenvalue weighted by Gasteiger charge is 2.30. The Morgan fingerprint density at radius 3 is 2.24 bits per heavy atom. The average molecular weight is 532 g/mol. The molecule has 1 amide bonds. The van der Waals surface area contributed by atoms with Crippen molar-refractivity contribution >= 4 is 26.8 Å². The molecule has 0 radical (unpaired) electrons. The zero-order valence-electron chi connectivity index (χ0n) is 22.7. The van der Waals surface area contributed by atoms with E-state index in [0.29, 0.717) is 42.0 Å². The Morgan fingerprint density at radius 2 is 1.55 bits per heavy atom. The van der Waals surface area contributed by atoms with Gasteiger partial charge in [-0.1, -0.05) is 73.2 Å². The number of fused-ring (bicyclic) bond motifs is 1. The lowest BCUT2D eigenvalue weighted by Crippen LogP contribution is -2.44. The first-order valence-corrected chi connectivity index (χ1v) is 14.6. The summed E-state index contributed by atoms with van der Waals surface area (Å²) >= 11 is 0. The number of carbonyl (C=O) groups is 1. The zero-order valence-corrected chi connectivity index (χ0v) is 23.5. The maximum Gasteiger partial charge on any atom is 0.244 e. The van der Waals surface area contributed by atoms with Crippen LogP contribution in [0.1, 0.15) is 41.2 Å². The number of aromatic nitrogens is 1. The third kappa shape index (κ3) is 6.17. The molecule has 4 rings (SSSR count). The Kier molecular flexibility index (Phi) is 8.69. The Balaban J connectivity index is 1.60. The molecule has 200 valence electrons. The Morgan fingerprint density at radius 1 is 0.895 bits per heavy atom. The summed E-state index contributed by atoms with van der Waals surface area (Å²) in [7, 11) is -3.85. The van der Waals surface area contributed by atoms with Gasteiger partial charge >= 0.3 is 0 Å². The molecule has 0 aliphatic carbocycles. The first-order valence-electron chi connectivity index (χ1n) is 13.2. The molecule has 1 N–H and O–H groups in total. The monoisotopic (exact) mass is 531 g/mol. The van der Waals surface area contributed by atoms with Crippen molar-refractivity contribution in [1.82, 2.24) is 14.2 Å². The molecule has 3 aromatic carbocycles. The van der Waals surface area contributed by atoms with E-state index in [-0.39, 0.29) is 19.0 Å². The second-order valence-electron chi connectivity index (χ2n) is 9.98. The summed E-state index contributed by atoms with van der Waals surface area (Å²) in [6.07, 6.45) is 3.27. The number of aryl methyl sites for hydroxylation is 3. The molecule has 0 saturated heterocycles. The van der Waals surface area contributed by atoms with Gasteiger partial charge in [0.2, 0.25) is 15.9 Å². The highest BCUT2D eigenvalue weighted by atomic mass is 32.2. The van der Waals surface area contributed by atoms with Crippen molar-refractivity contribution in [2.45, 2.75) is 52.0 Å². The van der Waals surface area contributed by atoms with Crippen LogP contribution in [0.15, 0.2) is 77.8 Å². The van der Waals surface area contributed by atoms with Gasteiger partial charge in [0.15, 0.2) is 0 Å². The lowest BCUT2D eigenvalue weighted by Gasteiger charge is -2.28. The molecule has 1 heterocycles. The molecule has 1 aromatic heterocycles. The van der Waals surface area contributed by atoms with Crippen LogP contribution in [0, 0.1) is 20.8 Å². The van der Waals surface area contributed by atoms with Gasteiger partial charge in [-0.05, 0) is 61.9 Å². The van der Waals surface area contributed by atoms with Crippen LogP contribution in [0.25, 0.3) is 10.9 Å². The van der Waals surface area contributed by atoms with Gasteiger partial charge in [-0.2, -0.15) is 4.31 Å². The minimum absolute atomic E-state index is 0.191. The number of hydrogen-bond donors (Lipinski definition) is 1. The van der Waals surface area contributed by atoms with Crippen molar-refractivity contribution < 1.29 is 13.2 Å². The van der Waals surface area contributed by atoms with E-state index in [1.54, 1.807) is 4.90 Å². The molecule has 0 bridgehead atoms. The number of nitrogens with zero attached hydrogens (tertiary/aromatic N) is 2. The van der Waals surface area contributed by atoms with Crippen LogP contribution >= 0.6 is 0 Å². The molecule has 0 aliphatic rings. The number of aromatic amines is 1. The van der Waals surface area contributed by atoms with Crippen molar-refractivity contribution in [2.75, 3.05) is 19.6 Å². The molecule has 6 nitrogen and oxygen atoms in total. The number of H-pyrrole nitrogens is 1. The van der Waals surface area contributed by atoms with Gasteiger partial charge in [-0.25, -0.2) is 8.42 Å². The van der Waals surface area contributed by atoms with Crippen LogP contribution in [0.3, 0.4) is 0 Å². The van der Waals surface area contributed by atoms with Gasteiger partial charge in [0.1, 0.15) is 0 Å². The molecule has 7 heteroatoms. The fourth-order valence-corrected chi connectivity index (χ4v) is 7.07. The highest BCUT2D eigenvalue weighted by molar-refractivity contribution is 7.89. The van der Waals surface area contributed by atoms with Crippen LogP contribution in [-0.4, -0.2) is 48.1 Å². The van der Waals surface area contributed by atoms with Crippen molar-refractivity contribution in [3.8, 4) is 0 Å². The van der Waals surface area contributed by atoms with E-state index >= 15 is 0 Å². The van der Waals surface area contributed by atoms with Crippen LogP contribution in [0.4, 0.5) is 0 Å². The predicted molar refractivity (Wildman–Crippen MR) is 154 cm³/mol. The number of nitrogens with one attached hydrogen (secondary N) is 1. The molecular weight excluding hydrogens is 494 g/mol. The summed E-state index contributed by atoms with van der Waals surface area (Å²) in [5, 5.41) is 1.14. The first kappa shape index (κ1) is 27.6. The van der Waals surface area contributed by atoms with E-state index in [9.17, 15) is 13.2 Å². The topological polar surface area (TPSA) is 73.5 Å². The summed E-state index contributed by atoms with van der Waals surface area (Å²) in [4.78, 5) is 19.2. The van der Waals surface area contributed by atoms with Crippen molar-refractivity contribution in [3.05, 3.63) is 101 Å². The van der Waals surface area contributed by atoms with Gasteiger partial charge in [-0.3, -0.25) is 4.79 Å². The normalized spacial score (nSPS) is 11.8. The van der Waals surface area contributed by atoms with E-state index in [1.807, 2.05) is 94.6 Å². The van der Waals surface area contributed by atoms with Gasteiger partial charge in [0, 0.05) is 36.7 Å². The molecule has 38 heavy (non-hydrogen) atoms. The van der Waals surface area contributed by atoms with Crippen molar-refractivity contribution in [2.24, 2.45) is 0 Å². The lowest BCUT2D eigenvalue weighted by molar-refractivity contribution is -0.132. The largest absolute Gasteiger partial charge is 0.361 e. The van der Waals surface area contributed by atoms with E-state index in [4.69, 9.17) is 0 Å². The molecule has 0 fully saturated rings. The SMILES string of the molecule is CCCN(CC(=O)N(CCc1c[nH]c2ccccc12)Cc1ccccc1)S(=O)(=O)c1c(C)cc(C)cc1C. The fraction of sp³-hybridized carbons (Fsp3) is 0.323. The van der Waals surface area contributed by atoms with Crippen molar-refractivity contribution in [3.63, 3.8) is 0 Å². The Labute approximate surface area is 226 Å². The summed E-state index contributed by atoms with van der Waals surface area (Å²) < 4.78 is 29.0. The van der Waals surface area contributed by atoms with Gasteiger partial charge in [-0.15, -0.1) is 0 Å². The van der Waals surface area contributed by atoms with Gasteiger partial charge in [0.05, 0.1) is 11.4 Å². The number of hydrogen-bond acceptors (Lipinski definition) is 3. The molecule has 0 saturated carbocycles. The maximum atomic E-state index is 13.8. The maximum absolute atomic E-state index is 13.8. The molecule has 0 unspecified atom stereocenters. The quantitative estimate of drug-likeness (QED) is 0.267. The van der Waals surface area contributed by atoms with Gasteiger partial charge < -0.3 is 9.88 Å². The number of amides is 1. The van der Waals surface area contributed by atoms with E-state index < -0.39 is 10.0 Å². The number of sulfonamides is 1. The van der Waals surface area contributed by atoms with Crippen LogP contribution in [0.2, 0.25) is 0 Å². The third-order valence-corrected chi connectivity index (χ3v) is 9.03. The molecule has 0 aliphatic heterocycles. The van der Waals surface area contributed by atoms with E-state index in [1.165, 1.54) is 4.31 Å². The summed E-state index contributed by atoms with van der Waals surface area (Å²) in [5.41, 5.74) is 5.63. The Bertz CT molecular complexity index is 1490. The number of carbonyl (C=O) groups excluding carboxylic acids is 1. The standard InChI is InChI=1S/C31H37N3O3S/c1-5-16-34(38(36,37)31-24(3)18-23(2)19-25(31)4)22-30(35)33(21-26-11-7-6-8-12-26)17-15-27-20-32-29-14-10-9-13-28(27)29/h6-14,18-20,32H,5,15-17,21-22H2,1-4H3. The second kappa shape index (κ2) is 12.0. The number of para-hydroxylation sites is 1. The molecule has 0 atom stereocenters. The Hall–Kier alpha value is -3.42. The summed E-state index contributed by atoms with van der Waals surface area (Å²) in [5.74, 6) is -0.201. The second-order valence-corrected chi connectivity index (χ2v) is 11.9. The molecule has 0 spiro atoms. The smallest absolute Gasteiger partial charge is 0.244 e. The third-order valence-electron chi connectivity index (χ3n) is 6.88. The molecule has 4 aromatic rings. The van der Waals surface area contributed by atoms with Crippen LogP contribution < -0.4 is 0 Å². The fourth-order valence-electron chi connectivity index (χ4n) is 5.18. The van der Waals surface area contributed by atoms with E-state index in [2.05, 4.69) is 11.1 Å². The minimum Gasteiger partial charge on any atom is -0.361 e. The summed E-state index contributed by atoms with van der Waals surface area (Å²) in [6.45, 7) is 8.53. The van der Waals surface area contributed by atoms with Crippen molar-refractivity contribution in [1.29, 1.82) is 0 Å². The zero-order chi connectivity index (χ0) is 27.3. The first-order chi connectivity index (χ1) is 18.2. The van der Waals surface area contributed by atoms with Crippen LogP contribution in [-0.2, 0) is 27.8 Å². The van der Waals surface area contributed by atoms with Gasteiger partial charge in [0.25, 0.3) is 0 Å². The highest BCUT2D eigenvalue weighted by Crippen LogP contribution is 2.26. The summed E-state index contributed by atoms with van der Waals surface area (Å²) in [6, 6.07) is 21.7. The number of rotatable bonds is 11.